The Hall–Kier alpha value is -5.57. The number of amides is 2. The largest absolute Gasteiger partial charge is 0.455 e. The summed E-state index contributed by atoms with van der Waals surface area (Å²) >= 11 is 0. The third-order valence-electron chi connectivity index (χ3n) is 8.40. The van der Waals surface area contributed by atoms with E-state index >= 15 is 0 Å². The van der Waals surface area contributed by atoms with Gasteiger partial charge in [-0.25, -0.2) is 4.39 Å². The molecule has 2 amide bonds. The first-order chi connectivity index (χ1) is 21.8. The van der Waals surface area contributed by atoms with Crippen molar-refractivity contribution >= 4 is 34.3 Å². The lowest BCUT2D eigenvalue weighted by atomic mass is 9.95. The van der Waals surface area contributed by atoms with E-state index in [1.807, 2.05) is 61.5 Å². The third kappa shape index (κ3) is 5.26. The number of fused-ring (bicyclic) bond motifs is 1. The Kier molecular flexibility index (Phi) is 7.00. The molecule has 3 aromatic carbocycles. The molecule has 1 aliphatic carbocycles. The number of nitrogens with one attached hydrogen (secondary N) is 3. The number of rotatable bonds is 7. The van der Waals surface area contributed by atoms with Crippen LogP contribution in [-0.4, -0.2) is 41.8 Å². The summed E-state index contributed by atoms with van der Waals surface area (Å²) in [6.45, 7) is 2.51. The van der Waals surface area contributed by atoms with Gasteiger partial charge in [0.1, 0.15) is 23.0 Å². The normalized spacial score (nSPS) is 15.1. The van der Waals surface area contributed by atoms with Crippen molar-refractivity contribution in [2.24, 2.45) is 4.99 Å². The second-order valence-corrected chi connectivity index (χ2v) is 11.3. The fourth-order valence-electron chi connectivity index (χ4n) is 5.77. The average Bonchev–Trinajstić information content (AvgIpc) is 3.76. The van der Waals surface area contributed by atoms with E-state index in [1.54, 1.807) is 31.6 Å². The molecule has 7 rings (SSSR count). The van der Waals surface area contributed by atoms with Crippen molar-refractivity contribution in [3.8, 4) is 22.5 Å². The highest BCUT2D eigenvalue weighted by atomic mass is 19.1. The SMILES string of the molecule is CNC(=O)c1c(-c2ccc(F)cc2)oc2ccc(-c3cc(C(=O)NC4(C5=NCC=C(c6ccncc6)N5)CC4)ccc3C)cc12. The van der Waals surface area contributed by atoms with Gasteiger partial charge in [0, 0.05) is 47.2 Å². The Labute approximate surface area is 259 Å². The number of carbonyl (C=O) groups excluding carboxylic acids is 2. The molecule has 0 bridgehead atoms. The van der Waals surface area contributed by atoms with Crippen LogP contribution in [0.4, 0.5) is 4.39 Å². The van der Waals surface area contributed by atoms with Gasteiger partial charge in [-0.2, -0.15) is 0 Å². The monoisotopic (exact) mass is 599 g/mol. The van der Waals surface area contributed by atoms with Crippen molar-refractivity contribution in [1.29, 1.82) is 0 Å². The predicted octanol–water partition coefficient (Wildman–Crippen LogP) is 6.27. The zero-order valence-electron chi connectivity index (χ0n) is 24.8. The van der Waals surface area contributed by atoms with Crippen LogP contribution in [0.5, 0.6) is 0 Å². The number of amidine groups is 1. The number of pyridine rings is 1. The van der Waals surface area contributed by atoms with E-state index in [9.17, 15) is 14.0 Å². The number of aryl methyl sites for hydroxylation is 1. The molecule has 1 saturated carbocycles. The summed E-state index contributed by atoms with van der Waals surface area (Å²) in [7, 11) is 1.56. The Morgan fingerprint density at radius 3 is 2.40 bits per heavy atom. The minimum atomic E-state index is -0.538. The topological polar surface area (TPSA) is 109 Å². The number of halogens is 1. The van der Waals surface area contributed by atoms with Crippen LogP contribution in [0.1, 0.15) is 44.7 Å². The molecular weight excluding hydrogens is 569 g/mol. The van der Waals surface area contributed by atoms with Crippen LogP contribution >= 0.6 is 0 Å². The van der Waals surface area contributed by atoms with Gasteiger partial charge in [0.25, 0.3) is 11.8 Å². The Morgan fingerprint density at radius 1 is 0.911 bits per heavy atom. The molecule has 5 aromatic rings. The van der Waals surface area contributed by atoms with Gasteiger partial charge in [-0.05, 0) is 103 Å². The molecule has 3 heterocycles. The summed E-state index contributed by atoms with van der Waals surface area (Å²) in [5.41, 5.74) is 6.10. The van der Waals surface area contributed by atoms with Crippen molar-refractivity contribution in [1.82, 2.24) is 20.9 Å². The van der Waals surface area contributed by atoms with Crippen LogP contribution < -0.4 is 16.0 Å². The molecule has 0 unspecified atom stereocenters. The van der Waals surface area contributed by atoms with Gasteiger partial charge in [-0.1, -0.05) is 12.1 Å². The van der Waals surface area contributed by atoms with Crippen molar-refractivity contribution < 1.29 is 18.4 Å². The maximum Gasteiger partial charge on any atom is 0.255 e. The van der Waals surface area contributed by atoms with E-state index in [4.69, 9.17) is 9.41 Å². The third-order valence-corrected chi connectivity index (χ3v) is 8.40. The summed E-state index contributed by atoms with van der Waals surface area (Å²) in [6, 6.07) is 21.0. The quantitative estimate of drug-likeness (QED) is 0.204. The first-order valence-electron chi connectivity index (χ1n) is 14.8. The first kappa shape index (κ1) is 28.2. The van der Waals surface area contributed by atoms with Crippen molar-refractivity contribution in [2.75, 3.05) is 13.6 Å². The van der Waals surface area contributed by atoms with Crippen LogP contribution in [0.25, 0.3) is 39.1 Å². The summed E-state index contributed by atoms with van der Waals surface area (Å²) in [5.74, 6) is 0.252. The number of aromatic nitrogens is 1. The predicted molar refractivity (Wildman–Crippen MR) is 172 cm³/mol. The van der Waals surface area contributed by atoms with Crippen molar-refractivity contribution in [2.45, 2.75) is 25.3 Å². The Balaban J connectivity index is 1.18. The second kappa shape index (κ2) is 11.2. The van der Waals surface area contributed by atoms with Gasteiger partial charge >= 0.3 is 0 Å². The molecule has 8 nitrogen and oxygen atoms in total. The fourth-order valence-corrected chi connectivity index (χ4v) is 5.77. The highest BCUT2D eigenvalue weighted by molar-refractivity contribution is 6.12. The van der Waals surface area contributed by atoms with Crippen LogP contribution in [0.15, 0.2) is 101 Å². The van der Waals surface area contributed by atoms with E-state index in [-0.39, 0.29) is 17.6 Å². The minimum Gasteiger partial charge on any atom is -0.455 e. The molecule has 1 fully saturated rings. The fraction of sp³-hybridized carbons (Fsp3) is 0.167. The average molecular weight is 600 g/mol. The highest BCUT2D eigenvalue weighted by Crippen LogP contribution is 2.39. The maximum absolute atomic E-state index is 13.7. The molecule has 45 heavy (non-hydrogen) atoms. The van der Waals surface area contributed by atoms with E-state index in [2.05, 4.69) is 20.9 Å². The summed E-state index contributed by atoms with van der Waals surface area (Å²) < 4.78 is 19.7. The maximum atomic E-state index is 13.7. The number of hydrogen-bond donors (Lipinski definition) is 3. The Bertz CT molecular complexity index is 2030. The van der Waals surface area contributed by atoms with Gasteiger partial charge in [0.2, 0.25) is 0 Å². The molecule has 0 radical (unpaired) electrons. The van der Waals surface area contributed by atoms with Gasteiger partial charge in [0.05, 0.1) is 17.6 Å². The van der Waals surface area contributed by atoms with Gasteiger partial charge in [0.15, 0.2) is 0 Å². The van der Waals surface area contributed by atoms with Crippen LogP contribution in [0, 0.1) is 12.7 Å². The molecule has 224 valence electrons. The molecule has 3 N–H and O–H groups in total. The molecule has 0 saturated heterocycles. The van der Waals surface area contributed by atoms with Gasteiger partial charge in [-0.15, -0.1) is 0 Å². The lowest BCUT2D eigenvalue weighted by Crippen LogP contribution is -2.49. The summed E-state index contributed by atoms with van der Waals surface area (Å²) in [6.07, 6.45) is 7.12. The zero-order chi connectivity index (χ0) is 31.1. The number of carbonyl (C=O) groups is 2. The minimum absolute atomic E-state index is 0.188. The van der Waals surface area contributed by atoms with Crippen LogP contribution in [0.2, 0.25) is 0 Å². The summed E-state index contributed by atoms with van der Waals surface area (Å²) in [4.78, 5) is 35.5. The highest BCUT2D eigenvalue weighted by Gasteiger charge is 2.50. The Morgan fingerprint density at radius 2 is 1.67 bits per heavy atom. The summed E-state index contributed by atoms with van der Waals surface area (Å²) in [5, 5.41) is 10.00. The molecule has 0 atom stereocenters. The standard InChI is InChI=1S/C36H30FN5O3/c1-21-3-4-25(33(43)42-36(14-15-36)35-40-18-13-29(41-35)22-11-16-39-17-12-22)20-27(21)24-7-10-30-28(19-24)31(34(44)38-2)32(45-30)23-5-8-26(37)9-6-23/h3-13,16-17,19-20H,14-15,18H2,1-2H3,(H,38,44)(H,40,41)(H,42,43). The first-order valence-corrected chi connectivity index (χ1v) is 14.8. The van der Waals surface area contributed by atoms with E-state index in [0.29, 0.717) is 40.0 Å². The van der Waals surface area contributed by atoms with Crippen LogP contribution in [-0.2, 0) is 0 Å². The number of hydrogen-bond acceptors (Lipinski definition) is 6. The number of furan rings is 1. The smallest absolute Gasteiger partial charge is 0.255 e. The molecule has 2 aliphatic rings. The molecule has 2 aromatic heterocycles. The van der Waals surface area contributed by atoms with Gasteiger partial charge in [-0.3, -0.25) is 19.6 Å². The number of aliphatic imine (C=N–C) groups is 1. The lowest BCUT2D eigenvalue weighted by Gasteiger charge is -2.25. The van der Waals surface area contributed by atoms with E-state index < -0.39 is 5.54 Å². The van der Waals surface area contributed by atoms with Crippen LogP contribution in [0.3, 0.4) is 0 Å². The molecule has 1 aliphatic heterocycles. The van der Waals surface area contributed by atoms with Crippen molar-refractivity contribution in [3.63, 3.8) is 0 Å². The zero-order valence-corrected chi connectivity index (χ0v) is 24.8. The molecule has 0 spiro atoms. The molecule has 9 heteroatoms. The second-order valence-electron chi connectivity index (χ2n) is 11.3. The van der Waals surface area contributed by atoms with Crippen molar-refractivity contribution in [3.05, 3.63) is 119 Å². The molecular formula is C36H30FN5O3. The lowest BCUT2D eigenvalue weighted by molar-refractivity contribution is 0.0940. The van der Waals surface area contributed by atoms with E-state index in [0.717, 1.165) is 46.6 Å². The number of benzene rings is 3. The number of nitrogens with zero attached hydrogens (tertiary/aromatic N) is 2. The van der Waals surface area contributed by atoms with E-state index in [1.165, 1.54) is 12.1 Å². The van der Waals surface area contributed by atoms with Gasteiger partial charge < -0.3 is 20.4 Å².